The summed E-state index contributed by atoms with van der Waals surface area (Å²) in [6, 6.07) is 14.6. The second kappa shape index (κ2) is 10.1. The van der Waals surface area contributed by atoms with Gasteiger partial charge >= 0.3 is 5.97 Å². The molecule has 156 valence electrons. The third-order valence-corrected chi connectivity index (χ3v) is 5.30. The van der Waals surface area contributed by atoms with Gasteiger partial charge in [-0.3, -0.25) is 0 Å². The van der Waals surface area contributed by atoms with Crippen LogP contribution in [0.3, 0.4) is 0 Å². The Morgan fingerprint density at radius 3 is 2.57 bits per heavy atom. The fourth-order valence-electron chi connectivity index (χ4n) is 3.25. The minimum atomic E-state index is -0.999. The minimum Gasteiger partial charge on any atom is -0.497 e. The first-order chi connectivity index (χ1) is 14.5. The lowest BCUT2D eigenvalue weighted by Gasteiger charge is -2.13. The van der Waals surface area contributed by atoms with E-state index in [1.54, 1.807) is 43.6 Å². The van der Waals surface area contributed by atoms with Crippen LogP contribution in [0, 0.1) is 0 Å². The second-order valence-corrected chi connectivity index (χ2v) is 7.38. The predicted molar refractivity (Wildman–Crippen MR) is 120 cm³/mol. The number of hydrogen-bond acceptors (Lipinski definition) is 3. The monoisotopic (exact) mass is 424 g/mol. The zero-order valence-electron chi connectivity index (χ0n) is 17.1. The Balaban J connectivity index is 2.04. The zero-order chi connectivity index (χ0) is 21.5. The number of ether oxygens (including phenoxy) is 1. The number of hydrogen-bond donors (Lipinski definition) is 1. The summed E-state index contributed by atoms with van der Waals surface area (Å²) in [7, 11) is 1.58. The Labute approximate surface area is 181 Å². The molecule has 0 saturated carbocycles. The van der Waals surface area contributed by atoms with Crippen LogP contribution in [0.2, 0.25) is 5.02 Å². The van der Waals surface area contributed by atoms with Gasteiger partial charge in [-0.15, -0.1) is 0 Å². The summed E-state index contributed by atoms with van der Waals surface area (Å²) < 4.78 is 7.22. The molecule has 3 rings (SSSR count). The minimum absolute atomic E-state index is 0.194. The Morgan fingerprint density at radius 2 is 1.93 bits per heavy atom. The summed E-state index contributed by atoms with van der Waals surface area (Å²) in [6.07, 6.45) is 6.28. The zero-order valence-corrected chi connectivity index (χ0v) is 17.9. The molecule has 0 aliphatic heterocycles. The molecule has 1 heterocycles. The van der Waals surface area contributed by atoms with Crippen molar-refractivity contribution in [2.24, 2.45) is 0 Å². The van der Waals surface area contributed by atoms with E-state index in [1.807, 2.05) is 28.8 Å². The second-order valence-electron chi connectivity index (χ2n) is 6.97. The summed E-state index contributed by atoms with van der Waals surface area (Å²) in [5, 5.41) is 10.5. The summed E-state index contributed by atoms with van der Waals surface area (Å²) in [5.74, 6) is 0.595. The number of imidazole rings is 1. The molecule has 6 heteroatoms. The molecule has 3 aromatic rings. The first-order valence-corrected chi connectivity index (χ1v) is 10.3. The lowest BCUT2D eigenvalue weighted by molar-refractivity contribution is -0.130. The Bertz CT molecular complexity index is 1040. The molecule has 0 fully saturated rings. The Hall–Kier alpha value is -3.05. The van der Waals surface area contributed by atoms with Gasteiger partial charge in [0.1, 0.15) is 11.6 Å². The fraction of sp³-hybridized carbons (Fsp3) is 0.250. The number of nitrogens with zero attached hydrogens (tertiary/aromatic N) is 2. The Morgan fingerprint density at radius 1 is 1.20 bits per heavy atom. The quantitative estimate of drug-likeness (QED) is 0.456. The molecule has 0 radical (unpaired) electrons. The maximum absolute atomic E-state index is 12.0. The summed E-state index contributed by atoms with van der Waals surface area (Å²) in [5.41, 5.74) is 2.49. The molecule has 0 aliphatic rings. The number of carbonyl (C=O) groups is 1. The van der Waals surface area contributed by atoms with Crippen molar-refractivity contribution in [3.8, 4) is 5.75 Å². The summed E-state index contributed by atoms with van der Waals surface area (Å²) in [4.78, 5) is 16.6. The van der Waals surface area contributed by atoms with Crippen molar-refractivity contribution < 1.29 is 14.6 Å². The molecule has 0 spiro atoms. The molecule has 0 aliphatic carbocycles. The van der Waals surface area contributed by atoms with E-state index in [9.17, 15) is 9.90 Å². The molecule has 0 saturated heterocycles. The van der Waals surface area contributed by atoms with Gasteiger partial charge in [0.15, 0.2) is 0 Å². The number of rotatable bonds is 9. The van der Waals surface area contributed by atoms with Gasteiger partial charge in [-0.2, -0.15) is 0 Å². The molecule has 5 nitrogen and oxygen atoms in total. The molecule has 2 aromatic carbocycles. The molecule has 30 heavy (non-hydrogen) atoms. The van der Waals surface area contributed by atoms with Gasteiger partial charge in [0.2, 0.25) is 0 Å². The van der Waals surface area contributed by atoms with Gasteiger partial charge in [0.25, 0.3) is 0 Å². The number of aliphatic carboxylic acids is 1. The van der Waals surface area contributed by atoms with Crippen molar-refractivity contribution in [2.45, 2.75) is 32.7 Å². The van der Waals surface area contributed by atoms with Crippen LogP contribution in [-0.2, 0) is 17.8 Å². The molecule has 0 atom stereocenters. The standard InChI is InChI=1S/C24H25ClN2O3/c1-3-4-9-23-26-15-19(27(23)16-18-7-5-6-8-22(18)25)14-21(24(28)29)17-10-12-20(30-2)13-11-17/h5-8,10-15H,3-4,9,16H2,1-2H3,(H,28,29)/b21-14+. The van der Waals surface area contributed by atoms with E-state index < -0.39 is 5.97 Å². The normalized spacial score (nSPS) is 11.5. The number of aromatic nitrogens is 2. The number of methoxy groups -OCH3 is 1. The van der Waals surface area contributed by atoms with E-state index in [4.69, 9.17) is 16.3 Å². The van der Waals surface area contributed by atoms with Crippen LogP contribution in [0.25, 0.3) is 11.6 Å². The van der Waals surface area contributed by atoms with Crippen LogP contribution in [0.4, 0.5) is 0 Å². The van der Waals surface area contributed by atoms with Gasteiger partial charge < -0.3 is 14.4 Å². The van der Waals surface area contributed by atoms with Crippen LogP contribution in [0.15, 0.2) is 54.7 Å². The largest absolute Gasteiger partial charge is 0.497 e. The molecule has 0 unspecified atom stereocenters. The van der Waals surface area contributed by atoms with Crippen molar-refractivity contribution in [2.75, 3.05) is 7.11 Å². The highest BCUT2D eigenvalue weighted by molar-refractivity contribution is 6.31. The number of halogens is 1. The lowest BCUT2D eigenvalue weighted by Crippen LogP contribution is -2.09. The van der Waals surface area contributed by atoms with Crippen molar-refractivity contribution in [1.29, 1.82) is 0 Å². The smallest absolute Gasteiger partial charge is 0.336 e. The van der Waals surface area contributed by atoms with E-state index in [-0.39, 0.29) is 5.57 Å². The van der Waals surface area contributed by atoms with Crippen LogP contribution in [0.1, 0.15) is 42.4 Å². The van der Waals surface area contributed by atoms with Crippen molar-refractivity contribution in [1.82, 2.24) is 9.55 Å². The molecular formula is C24H25ClN2O3. The topological polar surface area (TPSA) is 64.3 Å². The summed E-state index contributed by atoms with van der Waals surface area (Å²) >= 11 is 6.38. The molecule has 1 aromatic heterocycles. The van der Waals surface area contributed by atoms with Gasteiger partial charge in [-0.05, 0) is 41.8 Å². The third-order valence-electron chi connectivity index (χ3n) is 4.93. The predicted octanol–water partition coefficient (Wildman–Crippen LogP) is 5.56. The first-order valence-electron chi connectivity index (χ1n) is 9.90. The van der Waals surface area contributed by atoms with Crippen molar-refractivity contribution >= 4 is 29.2 Å². The van der Waals surface area contributed by atoms with Crippen LogP contribution in [0.5, 0.6) is 5.75 Å². The Kier molecular flexibility index (Phi) is 7.31. The molecule has 1 N–H and O–H groups in total. The average Bonchev–Trinajstić information content (AvgIpc) is 3.13. The van der Waals surface area contributed by atoms with E-state index in [0.717, 1.165) is 36.3 Å². The first kappa shape index (κ1) is 21.7. The van der Waals surface area contributed by atoms with Gasteiger partial charge in [0, 0.05) is 11.4 Å². The van der Waals surface area contributed by atoms with E-state index in [2.05, 4.69) is 11.9 Å². The van der Waals surface area contributed by atoms with Crippen LogP contribution < -0.4 is 4.74 Å². The van der Waals surface area contributed by atoms with Gasteiger partial charge in [0.05, 0.1) is 31.1 Å². The van der Waals surface area contributed by atoms with Gasteiger partial charge in [-0.1, -0.05) is 55.3 Å². The van der Waals surface area contributed by atoms with Crippen molar-refractivity contribution in [3.63, 3.8) is 0 Å². The molecule has 0 amide bonds. The summed E-state index contributed by atoms with van der Waals surface area (Å²) in [6.45, 7) is 2.66. The van der Waals surface area contributed by atoms with Crippen LogP contribution in [-0.4, -0.2) is 27.7 Å². The highest BCUT2D eigenvalue weighted by Crippen LogP contribution is 2.24. The fourth-order valence-corrected chi connectivity index (χ4v) is 3.44. The molecule has 0 bridgehead atoms. The van der Waals surface area contributed by atoms with E-state index in [0.29, 0.717) is 22.9 Å². The maximum Gasteiger partial charge on any atom is 0.336 e. The maximum atomic E-state index is 12.0. The number of unbranched alkanes of at least 4 members (excludes halogenated alkanes) is 1. The van der Waals surface area contributed by atoms with Crippen LogP contribution >= 0.6 is 11.6 Å². The van der Waals surface area contributed by atoms with E-state index in [1.165, 1.54) is 0 Å². The highest BCUT2D eigenvalue weighted by Gasteiger charge is 2.15. The highest BCUT2D eigenvalue weighted by atomic mass is 35.5. The SMILES string of the molecule is CCCCc1ncc(/C=C(/C(=O)O)c2ccc(OC)cc2)n1Cc1ccccc1Cl. The number of carboxylic acids is 1. The number of carboxylic acid groups (broad SMARTS) is 1. The average molecular weight is 425 g/mol. The number of aryl methyl sites for hydroxylation is 1. The lowest BCUT2D eigenvalue weighted by atomic mass is 10.0. The van der Waals surface area contributed by atoms with E-state index >= 15 is 0 Å². The number of benzene rings is 2. The third kappa shape index (κ3) is 5.10. The van der Waals surface area contributed by atoms with Gasteiger partial charge in [-0.25, -0.2) is 9.78 Å². The van der Waals surface area contributed by atoms with Crippen molar-refractivity contribution in [3.05, 3.63) is 82.4 Å². The molecular weight excluding hydrogens is 400 g/mol.